The summed E-state index contributed by atoms with van der Waals surface area (Å²) < 4.78 is 12.2. The molecule has 0 aromatic carbocycles. The van der Waals surface area contributed by atoms with Gasteiger partial charge in [0.2, 0.25) is 0 Å². The van der Waals surface area contributed by atoms with Crippen LogP contribution in [0.2, 0.25) is 0 Å². The molecule has 5 heterocycles. The van der Waals surface area contributed by atoms with Crippen molar-refractivity contribution in [3.05, 3.63) is 11.9 Å². The molecule has 5 rings (SSSR count). The van der Waals surface area contributed by atoms with Crippen LogP contribution in [0.15, 0.2) is 6.07 Å². The van der Waals surface area contributed by atoms with Crippen molar-refractivity contribution < 1.29 is 9.47 Å². The molecule has 4 saturated heterocycles. The zero-order chi connectivity index (χ0) is 21.0. The Morgan fingerprint density at radius 1 is 0.839 bits per heavy atom. The molecule has 8 heteroatoms. The Balaban J connectivity index is 1.11. The van der Waals surface area contributed by atoms with E-state index >= 15 is 0 Å². The summed E-state index contributed by atoms with van der Waals surface area (Å²) in [6.45, 7) is 9.69. The van der Waals surface area contributed by atoms with E-state index < -0.39 is 0 Å². The molecule has 0 amide bonds. The van der Waals surface area contributed by atoms with Gasteiger partial charge in [0.15, 0.2) is 0 Å². The van der Waals surface area contributed by atoms with Gasteiger partial charge in [-0.2, -0.15) is 0 Å². The largest absolute Gasteiger partial charge is 0.373 e. The minimum Gasteiger partial charge on any atom is -0.373 e. The Hall–Kier alpha value is -1.48. The SMILES string of the molecule is Cc1nc(NCC2CN3CCCCC3CO2)cc(NCC2CN3CCCCC3CO2)n1. The molecule has 0 bridgehead atoms. The molecule has 172 valence electrons. The molecule has 4 aliphatic heterocycles. The number of nitrogens with zero attached hydrogens (tertiary/aromatic N) is 4. The molecule has 4 atom stereocenters. The maximum atomic E-state index is 6.12. The number of fused-ring (bicyclic) bond motifs is 2. The highest BCUT2D eigenvalue weighted by atomic mass is 16.5. The summed E-state index contributed by atoms with van der Waals surface area (Å²) in [7, 11) is 0. The second-order valence-electron chi connectivity index (χ2n) is 9.65. The van der Waals surface area contributed by atoms with Gasteiger partial charge in [-0.3, -0.25) is 9.80 Å². The molecule has 8 nitrogen and oxygen atoms in total. The van der Waals surface area contributed by atoms with Crippen LogP contribution in [0.25, 0.3) is 0 Å². The van der Waals surface area contributed by atoms with Crippen LogP contribution < -0.4 is 10.6 Å². The van der Waals surface area contributed by atoms with E-state index in [4.69, 9.17) is 9.47 Å². The lowest BCUT2D eigenvalue weighted by Crippen LogP contribution is -2.53. The standard InChI is InChI=1S/C23H38N6O2/c1-17-26-22(24-11-20-13-28-8-4-2-6-18(28)15-30-20)10-23(27-17)25-12-21-14-29-9-5-3-7-19(29)16-31-21/h10,18-21H,2-9,11-16H2,1H3,(H2,24,25,26,27). The third-order valence-corrected chi connectivity index (χ3v) is 7.28. The Morgan fingerprint density at radius 3 is 1.87 bits per heavy atom. The van der Waals surface area contributed by atoms with E-state index in [1.807, 2.05) is 13.0 Å². The third kappa shape index (κ3) is 5.48. The number of piperidine rings is 2. The molecule has 0 aliphatic carbocycles. The van der Waals surface area contributed by atoms with E-state index in [1.54, 1.807) is 0 Å². The summed E-state index contributed by atoms with van der Waals surface area (Å²) in [5.41, 5.74) is 0. The summed E-state index contributed by atoms with van der Waals surface area (Å²) in [5.74, 6) is 2.49. The summed E-state index contributed by atoms with van der Waals surface area (Å²) in [5, 5.41) is 6.97. The van der Waals surface area contributed by atoms with Crippen LogP contribution in [-0.2, 0) is 9.47 Å². The fourth-order valence-corrected chi connectivity index (χ4v) is 5.53. The molecule has 0 spiro atoms. The molecule has 1 aromatic rings. The van der Waals surface area contributed by atoms with E-state index in [9.17, 15) is 0 Å². The van der Waals surface area contributed by atoms with Gasteiger partial charge in [-0.1, -0.05) is 12.8 Å². The summed E-state index contributed by atoms with van der Waals surface area (Å²) in [4.78, 5) is 14.4. The minimum atomic E-state index is 0.217. The van der Waals surface area contributed by atoms with E-state index in [2.05, 4.69) is 30.4 Å². The van der Waals surface area contributed by atoms with Crippen molar-refractivity contribution in [3.63, 3.8) is 0 Å². The predicted octanol–water partition coefficient (Wildman–Crippen LogP) is 2.12. The van der Waals surface area contributed by atoms with Crippen molar-refractivity contribution in [1.82, 2.24) is 19.8 Å². The summed E-state index contributed by atoms with van der Waals surface area (Å²) in [6, 6.07) is 3.26. The van der Waals surface area contributed by atoms with Crippen molar-refractivity contribution in [2.45, 2.75) is 69.7 Å². The van der Waals surface area contributed by atoms with Crippen molar-refractivity contribution in [1.29, 1.82) is 0 Å². The monoisotopic (exact) mass is 430 g/mol. The highest BCUT2D eigenvalue weighted by molar-refractivity contribution is 5.47. The topological polar surface area (TPSA) is 74.8 Å². The van der Waals surface area contributed by atoms with Crippen LogP contribution in [0.1, 0.15) is 44.3 Å². The van der Waals surface area contributed by atoms with Crippen LogP contribution in [0.3, 0.4) is 0 Å². The van der Waals surface area contributed by atoms with Gasteiger partial charge < -0.3 is 20.1 Å². The maximum Gasteiger partial charge on any atom is 0.131 e. The van der Waals surface area contributed by atoms with Crippen molar-refractivity contribution in [2.75, 3.05) is 63.1 Å². The van der Waals surface area contributed by atoms with Crippen molar-refractivity contribution in [2.24, 2.45) is 0 Å². The second kappa shape index (κ2) is 9.98. The first kappa shape index (κ1) is 21.4. The highest BCUT2D eigenvalue weighted by Gasteiger charge is 2.31. The van der Waals surface area contributed by atoms with E-state index in [1.165, 1.54) is 51.6 Å². The number of aromatic nitrogens is 2. The van der Waals surface area contributed by atoms with Gasteiger partial charge in [-0.25, -0.2) is 9.97 Å². The molecular weight excluding hydrogens is 392 g/mol. The van der Waals surface area contributed by atoms with E-state index in [0.717, 1.165) is 56.9 Å². The van der Waals surface area contributed by atoms with E-state index in [-0.39, 0.29) is 12.2 Å². The number of anilines is 2. The fourth-order valence-electron chi connectivity index (χ4n) is 5.53. The number of aryl methyl sites for hydroxylation is 1. The second-order valence-corrected chi connectivity index (χ2v) is 9.65. The van der Waals surface area contributed by atoms with Gasteiger partial charge in [0, 0.05) is 44.3 Å². The van der Waals surface area contributed by atoms with E-state index in [0.29, 0.717) is 12.1 Å². The van der Waals surface area contributed by atoms with Gasteiger partial charge in [-0.15, -0.1) is 0 Å². The normalized spacial score (nSPS) is 32.2. The first-order valence-corrected chi connectivity index (χ1v) is 12.3. The van der Waals surface area contributed by atoms with Crippen LogP contribution in [0.4, 0.5) is 11.6 Å². The molecule has 0 radical (unpaired) electrons. The molecule has 4 aliphatic rings. The average Bonchev–Trinajstić information content (AvgIpc) is 2.81. The molecule has 1 aromatic heterocycles. The average molecular weight is 431 g/mol. The zero-order valence-corrected chi connectivity index (χ0v) is 18.9. The Labute approximate surface area is 186 Å². The van der Waals surface area contributed by atoms with Gasteiger partial charge in [0.05, 0.1) is 25.4 Å². The van der Waals surface area contributed by atoms with Gasteiger partial charge in [0.25, 0.3) is 0 Å². The van der Waals surface area contributed by atoms with Crippen LogP contribution >= 0.6 is 0 Å². The Morgan fingerprint density at radius 2 is 1.35 bits per heavy atom. The summed E-state index contributed by atoms with van der Waals surface area (Å²) in [6.07, 6.45) is 8.32. The van der Waals surface area contributed by atoms with Crippen molar-refractivity contribution in [3.8, 4) is 0 Å². The fraction of sp³-hybridized carbons (Fsp3) is 0.826. The maximum absolute atomic E-state index is 6.12. The van der Waals surface area contributed by atoms with Crippen LogP contribution in [-0.4, -0.2) is 96.5 Å². The quantitative estimate of drug-likeness (QED) is 0.711. The number of ether oxygens (including phenoxy) is 2. The van der Waals surface area contributed by atoms with Crippen LogP contribution in [0.5, 0.6) is 0 Å². The van der Waals surface area contributed by atoms with Gasteiger partial charge in [0.1, 0.15) is 17.5 Å². The molecule has 2 N–H and O–H groups in total. The zero-order valence-electron chi connectivity index (χ0n) is 18.9. The molecular formula is C23H38N6O2. The first-order valence-electron chi connectivity index (χ1n) is 12.3. The Bertz CT molecular complexity index is 678. The molecule has 0 saturated carbocycles. The number of morpholine rings is 2. The number of nitrogens with one attached hydrogen (secondary N) is 2. The van der Waals surface area contributed by atoms with Crippen LogP contribution in [0, 0.1) is 6.92 Å². The summed E-state index contributed by atoms with van der Waals surface area (Å²) >= 11 is 0. The molecule has 4 fully saturated rings. The van der Waals surface area contributed by atoms with Gasteiger partial charge in [-0.05, 0) is 45.7 Å². The van der Waals surface area contributed by atoms with Gasteiger partial charge >= 0.3 is 0 Å². The highest BCUT2D eigenvalue weighted by Crippen LogP contribution is 2.24. The smallest absolute Gasteiger partial charge is 0.131 e. The Kier molecular flexibility index (Phi) is 6.88. The lowest BCUT2D eigenvalue weighted by atomic mass is 10.0. The molecule has 4 unspecified atom stereocenters. The van der Waals surface area contributed by atoms with Crippen molar-refractivity contribution >= 4 is 11.6 Å². The molecule has 31 heavy (non-hydrogen) atoms. The number of hydrogen-bond acceptors (Lipinski definition) is 8. The number of hydrogen-bond donors (Lipinski definition) is 2. The number of rotatable bonds is 6. The third-order valence-electron chi connectivity index (χ3n) is 7.28. The lowest BCUT2D eigenvalue weighted by Gasteiger charge is -2.42. The lowest BCUT2D eigenvalue weighted by molar-refractivity contribution is -0.0689. The minimum absolute atomic E-state index is 0.217. The predicted molar refractivity (Wildman–Crippen MR) is 122 cm³/mol. The first-order chi connectivity index (χ1) is 15.2.